The lowest BCUT2D eigenvalue weighted by molar-refractivity contribution is -0.304. The topological polar surface area (TPSA) is 148 Å². The second-order valence-corrected chi connectivity index (χ2v) is 8.18. The summed E-state index contributed by atoms with van der Waals surface area (Å²) in [4.78, 5) is 57.4. The zero-order chi connectivity index (χ0) is 21.5. The van der Waals surface area contributed by atoms with Crippen LogP contribution < -0.4 is 10.6 Å². The zero-order valence-corrected chi connectivity index (χ0v) is 17.1. The Bertz CT molecular complexity index is 651. The average molecular weight is 418 g/mol. The average Bonchev–Trinajstić information content (AvgIpc) is 2.60. The smallest absolute Gasteiger partial charge is 0.364 e. The van der Waals surface area contributed by atoms with Gasteiger partial charge in [-0.05, 0) is 0 Å². The summed E-state index contributed by atoms with van der Waals surface area (Å²) >= 11 is 0.827. The first kappa shape index (κ1) is 24.1. The third-order valence-corrected chi connectivity index (χ3v) is 4.95. The summed E-state index contributed by atoms with van der Waals surface area (Å²) in [5.74, 6) is -4.38. The molecule has 10 nitrogen and oxygen atoms in total. The van der Waals surface area contributed by atoms with Crippen molar-refractivity contribution in [2.24, 2.45) is 5.41 Å². The van der Waals surface area contributed by atoms with Crippen molar-refractivity contribution in [2.75, 3.05) is 25.4 Å². The van der Waals surface area contributed by atoms with E-state index in [1.165, 1.54) is 13.8 Å². The molecular formula is C17H26N2O8S. The molecule has 0 radical (unpaired) electrons. The fraction of sp³-hybridized carbons (Fsp3) is 0.706. The number of carboxylic acid groups (broad SMARTS) is 1. The summed E-state index contributed by atoms with van der Waals surface area (Å²) < 4.78 is 10.6. The summed E-state index contributed by atoms with van der Waals surface area (Å²) in [6.45, 7) is 6.10. The number of ketones is 1. The molecule has 1 heterocycles. The molecule has 1 saturated heterocycles. The Labute approximate surface area is 167 Å². The van der Waals surface area contributed by atoms with Gasteiger partial charge in [-0.3, -0.25) is 19.2 Å². The normalized spacial score (nSPS) is 23.5. The molecule has 0 saturated carbocycles. The minimum absolute atomic E-state index is 0.00307. The number of carbonyl (C=O) groups is 5. The van der Waals surface area contributed by atoms with E-state index < -0.39 is 40.1 Å². The number of rotatable bonds is 9. The van der Waals surface area contributed by atoms with E-state index in [1.54, 1.807) is 13.8 Å². The Morgan fingerprint density at radius 3 is 2.32 bits per heavy atom. The predicted molar refractivity (Wildman–Crippen MR) is 99.4 cm³/mol. The number of carboxylic acids is 1. The van der Waals surface area contributed by atoms with Gasteiger partial charge in [0, 0.05) is 44.5 Å². The SMILES string of the molecule is CC(=O)C(=O)SCCNC(=O)CCNC(=O)[C@@H]1OC(C)(C(=O)O)OCC1(C)C. The maximum absolute atomic E-state index is 12.4. The number of hydrogen-bond acceptors (Lipinski definition) is 8. The molecule has 1 aliphatic heterocycles. The summed E-state index contributed by atoms with van der Waals surface area (Å²) in [5, 5.41) is 13.8. The van der Waals surface area contributed by atoms with Crippen LogP contribution in [0.4, 0.5) is 0 Å². The van der Waals surface area contributed by atoms with Gasteiger partial charge in [-0.25, -0.2) is 4.79 Å². The maximum atomic E-state index is 12.4. The third kappa shape index (κ3) is 6.88. The van der Waals surface area contributed by atoms with E-state index in [9.17, 15) is 29.1 Å². The van der Waals surface area contributed by atoms with E-state index in [4.69, 9.17) is 9.47 Å². The van der Waals surface area contributed by atoms with Crippen molar-refractivity contribution < 1.29 is 38.6 Å². The number of aliphatic carboxylic acids is 1. The molecule has 1 unspecified atom stereocenters. The molecule has 0 spiro atoms. The van der Waals surface area contributed by atoms with Crippen molar-refractivity contribution >= 4 is 40.4 Å². The van der Waals surface area contributed by atoms with Gasteiger partial charge in [0.25, 0.3) is 10.9 Å². The monoisotopic (exact) mass is 418 g/mol. The van der Waals surface area contributed by atoms with Crippen molar-refractivity contribution in [3.8, 4) is 0 Å². The first-order chi connectivity index (χ1) is 12.9. The van der Waals surface area contributed by atoms with Crippen molar-refractivity contribution in [3.05, 3.63) is 0 Å². The Balaban J connectivity index is 2.40. The van der Waals surface area contributed by atoms with Crippen molar-refractivity contribution in [1.82, 2.24) is 10.6 Å². The van der Waals surface area contributed by atoms with E-state index in [0.29, 0.717) is 0 Å². The second kappa shape index (κ2) is 9.99. The number of nitrogens with one attached hydrogen (secondary N) is 2. The highest BCUT2D eigenvalue weighted by atomic mass is 32.2. The molecule has 158 valence electrons. The molecule has 1 fully saturated rings. The van der Waals surface area contributed by atoms with Crippen LogP contribution in [0.2, 0.25) is 0 Å². The Kier molecular flexibility index (Phi) is 8.58. The molecule has 0 aromatic carbocycles. The fourth-order valence-electron chi connectivity index (χ4n) is 2.25. The quantitative estimate of drug-likeness (QED) is 0.339. The molecule has 28 heavy (non-hydrogen) atoms. The van der Waals surface area contributed by atoms with Gasteiger partial charge in [-0.1, -0.05) is 25.6 Å². The lowest BCUT2D eigenvalue weighted by Gasteiger charge is -2.44. The molecule has 0 aliphatic carbocycles. The zero-order valence-electron chi connectivity index (χ0n) is 16.3. The number of amides is 2. The van der Waals surface area contributed by atoms with E-state index in [2.05, 4.69) is 10.6 Å². The van der Waals surface area contributed by atoms with Crippen LogP contribution in [0, 0.1) is 5.41 Å². The summed E-state index contributed by atoms with van der Waals surface area (Å²) in [7, 11) is 0. The number of thioether (sulfide) groups is 1. The Hall–Kier alpha value is -1.98. The van der Waals surface area contributed by atoms with Crippen LogP contribution in [0.1, 0.15) is 34.1 Å². The van der Waals surface area contributed by atoms with Gasteiger partial charge in [0.15, 0.2) is 0 Å². The van der Waals surface area contributed by atoms with Crippen LogP contribution in [-0.4, -0.2) is 71.1 Å². The molecule has 0 bridgehead atoms. The van der Waals surface area contributed by atoms with Crippen molar-refractivity contribution in [1.29, 1.82) is 0 Å². The summed E-state index contributed by atoms with van der Waals surface area (Å²) in [6, 6.07) is 0. The van der Waals surface area contributed by atoms with Gasteiger partial charge in [0.1, 0.15) is 6.10 Å². The van der Waals surface area contributed by atoms with Gasteiger partial charge < -0.3 is 25.2 Å². The van der Waals surface area contributed by atoms with E-state index in [-0.39, 0.29) is 37.8 Å². The number of hydrogen-bond donors (Lipinski definition) is 3. The highest BCUT2D eigenvalue weighted by Crippen LogP contribution is 2.35. The lowest BCUT2D eigenvalue weighted by atomic mass is 9.85. The van der Waals surface area contributed by atoms with Gasteiger partial charge in [-0.15, -0.1) is 0 Å². The molecule has 2 amide bonds. The molecule has 2 atom stereocenters. The molecule has 0 aromatic rings. The third-order valence-electron chi connectivity index (χ3n) is 3.99. The van der Waals surface area contributed by atoms with E-state index >= 15 is 0 Å². The number of carbonyl (C=O) groups excluding carboxylic acids is 4. The molecule has 1 aliphatic rings. The van der Waals surface area contributed by atoms with Crippen LogP contribution in [0.3, 0.4) is 0 Å². The van der Waals surface area contributed by atoms with Crippen LogP contribution in [-0.2, 0) is 33.4 Å². The first-order valence-corrected chi connectivity index (χ1v) is 9.65. The van der Waals surface area contributed by atoms with Crippen LogP contribution >= 0.6 is 11.8 Å². The van der Waals surface area contributed by atoms with Gasteiger partial charge >= 0.3 is 5.97 Å². The van der Waals surface area contributed by atoms with Crippen molar-refractivity contribution in [3.63, 3.8) is 0 Å². The molecule has 0 aromatic heterocycles. The molecule has 3 N–H and O–H groups in total. The predicted octanol–water partition coefficient (Wildman–Crippen LogP) is -0.300. The standard InChI is InChI=1S/C17H26N2O8S/c1-10(20)14(23)28-8-7-18-11(21)5-6-19-13(22)12-16(2,3)9-26-17(4,27-12)15(24)25/h12H,5-9H2,1-4H3,(H,18,21)(H,19,22)(H,24,25)/t12-,17?/m0/s1. The Morgan fingerprint density at radius 1 is 1.11 bits per heavy atom. The fourth-order valence-corrected chi connectivity index (χ4v) is 2.85. The first-order valence-electron chi connectivity index (χ1n) is 8.66. The van der Waals surface area contributed by atoms with Crippen molar-refractivity contribution in [2.45, 2.75) is 46.0 Å². The van der Waals surface area contributed by atoms with Crippen LogP contribution in [0.25, 0.3) is 0 Å². The lowest BCUT2D eigenvalue weighted by Crippen LogP contribution is -2.60. The molecular weight excluding hydrogens is 392 g/mol. The number of Topliss-reactive ketones (excluding diaryl/α,β-unsaturated/α-hetero) is 1. The van der Waals surface area contributed by atoms with Crippen LogP contribution in [0.5, 0.6) is 0 Å². The second-order valence-electron chi connectivity index (χ2n) is 7.11. The highest BCUT2D eigenvalue weighted by Gasteiger charge is 2.51. The minimum atomic E-state index is -1.91. The minimum Gasteiger partial charge on any atom is -0.477 e. The van der Waals surface area contributed by atoms with Gasteiger partial charge in [0.05, 0.1) is 6.61 Å². The molecule has 1 rings (SSSR count). The maximum Gasteiger partial charge on any atom is 0.364 e. The summed E-state index contributed by atoms with van der Waals surface area (Å²) in [6.07, 6.45) is -1.06. The molecule has 11 heteroatoms. The van der Waals surface area contributed by atoms with Gasteiger partial charge in [-0.2, -0.15) is 0 Å². The number of ether oxygens (including phenoxy) is 2. The van der Waals surface area contributed by atoms with E-state index in [1.807, 2.05) is 0 Å². The Morgan fingerprint density at radius 2 is 1.75 bits per heavy atom. The van der Waals surface area contributed by atoms with Gasteiger partial charge in [0.2, 0.25) is 17.6 Å². The summed E-state index contributed by atoms with van der Waals surface area (Å²) in [5.41, 5.74) is -0.748. The van der Waals surface area contributed by atoms with Crippen LogP contribution in [0.15, 0.2) is 0 Å². The highest BCUT2D eigenvalue weighted by molar-refractivity contribution is 8.15. The van der Waals surface area contributed by atoms with E-state index in [0.717, 1.165) is 11.8 Å². The largest absolute Gasteiger partial charge is 0.477 e.